The molecule has 6 nitrogen and oxygen atoms in total. The molecule has 0 aliphatic carbocycles. The van der Waals surface area contributed by atoms with Gasteiger partial charge < -0.3 is 15.3 Å². The molecular weight excluding hydrogens is 260 g/mol. The van der Waals surface area contributed by atoms with Crippen molar-refractivity contribution in [3.63, 3.8) is 0 Å². The Morgan fingerprint density at radius 2 is 2.00 bits per heavy atom. The van der Waals surface area contributed by atoms with Crippen LogP contribution in [0, 0.1) is 6.92 Å². The van der Waals surface area contributed by atoms with Crippen molar-refractivity contribution in [2.45, 2.75) is 25.8 Å². The molecule has 1 aliphatic heterocycles. The zero-order chi connectivity index (χ0) is 14.7. The van der Waals surface area contributed by atoms with Gasteiger partial charge >= 0.3 is 5.97 Å². The molecule has 1 heterocycles. The number of carboxylic acids is 1. The number of anilines is 1. The Morgan fingerprint density at radius 3 is 2.60 bits per heavy atom. The molecule has 0 saturated carbocycles. The highest BCUT2D eigenvalue weighted by Gasteiger charge is 2.36. The van der Waals surface area contributed by atoms with Crippen LogP contribution < -0.4 is 5.32 Å². The van der Waals surface area contributed by atoms with Crippen LogP contribution in [0.3, 0.4) is 0 Å². The van der Waals surface area contributed by atoms with Gasteiger partial charge in [0.25, 0.3) is 0 Å². The standard InChI is InChI=1S/C14H16N2O4/c1-9-2-4-10(5-3-9)15-12(17)8-16-11(14(19)20)6-7-13(16)18/h2-5,11H,6-8H2,1H3,(H,15,17)(H,19,20). The molecule has 1 unspecified atom stereocenters. The van der Waals surface area contributed by atoms with Gasteiger partial charge in [0.05, 0.1) is 0 Å². The number of hydrogen-bond acceptors (Lipinski definition) is 3. The highest BCUT2D eigenvalue weighted by atomic mass is 16.4. The number of aryl methyl sites for hydroxylation is 1. The molecule has 0 bridgehead atoms. The Labute approximate surface area is 116 Å². The molecule has 106 valence electrons. The number of carbonyl (C=O) groups is 3. The molecule has 1 aliphatic rings. The van der Waals surface area contributed by atoms with E-state index in [9.17, 15) is 14.4 Å². The van der Waals surface area contributed by atoms with Gasteiger partial charge in [-0.3, -0.25) is 9.59 Å². The molecule has 20 heavy (non-hydrogen) atoms. The molecule has 1 aromatic rings. The maximum atomic E-state index is 11.9. The maximum absolute atomic E-state index is 11.9. The Hall–Kier alpha value is -2.37. The van der Waals surface area contributed by atoms with Gasteiger partial charge in [-0.1, -0.05) is 17.7 Å². The number of likely N-dealkylation sites (tertiary alicyclic amines) is 1. The lowest BCUT2D eigenvalue weighted by molar-refractivity contribution is -0.147. The molecule has 0 radical (unpaired) electrons. The molecule has 1 aromatic carbocycles. The minimum atomic E-state index is -1.07. The number of amides is 2. The van der Waals surface area contributed by atoms with Crippen molar-refractivity contribution in [2.75, 3.05) is 11.9 Å². The average Bonchev–Trinajstić information content (AvgIpc) is 2.74. The predicted molar refractivity (Wildman–Crippen MR) is 72.2 cm³/mol. The molecule has 1 fully saturated rings. The van der Waals surface area contributed by atoms with E-state index in [1.165, 1.54) is 0 Å². The van der Waals surface area contributed by atoms with Crippen LogP contribution in [-0.2, 0) is 14.4 Å². The van der Waals surface area contributed by atoms with Gasteiger partial charge in [0, 0.05) is 12.1 Å². The van der Waals surface area contributed by atoms with Crippen LogP contribution in [0.2, 0.25) is 0 Å². The van der Waals surface area contributed by atoms with Gasteiger partial charge in [-0.25, -0.2) is 4.79 Å². The number of benzene rings is 1. The lowest BCUT2D eigenvalue weighted by atomic mass is 10.2. The summed E-state index contributed by atoms with van der Waals surface area (Å²) in [4.78, 5) is 35.6. The van der Waals surface area contributed by atoms with Crippen LogP contribution in [0.5, 0.6) is 0 Å². The number of aliphatic carboxylic acids is 1. The number of carbonyl (C=O) groups excluding carboxylic acids is 2. The summed E-state index contributed by atoms with van der Waals surface area (Å²) in [5, 5.41) is 11.7. The number of nitrogens with zero attached hydrogens (tertiary/aromatic N) is 1. The van der Waals surface area contributed by atoms with E-state index in [0.717, 1.165) is 10.5 Å². The largest absolute Gasteiger partial charge is 0.480 e. The van der Waals surface area contributed by atoms with Crippen LogP contribution >= 0.6 is 0 Å². The Morgan fingerprint density at radius 1 is 1.35 bits per heavy atom. The number of rotatable bonds is 4. The Balaban J connectivity index is 1.98. The van der Waals surface area contributed by atoms with Gasteiger partial charge in [-0.15, -0.1) is 0 Å². The summed E-state index contributed by atoms with van der Waals surface area (Å²) in [5.41, 5.74) is 1.70. The predicted octanol–water partition coefficient (Wildman–Crippen LogP) is 1.01. The molecule has 1 saturated heterocycles. The minimum Gasteiger partial charge on any atom is -0.480 e. The second-order valence-electron chi connectivity index (χ2n) is 4.83. The van der Waals surface area contributed by atoms with Crippen LogP contribution in [0.15, 0.2) is 24.3 Å². The fourth-order valence-electron chi connectivity index (χ4n) is 2.18. The maximum Gasteiger partial charge on any atom is 0.326 e. The molecule has 2 amide bonds. The van der Waals surface area contributed by atoms with Crippen LogP contribution in [0.25, 0.3) is 0 Å². The molecule has 0 spiro atoms. The molecule has 2 N–H and O–H groups in total. The molecule has 2 rings (SSSR count). The van der Waals surface area contributed by atoms with E-state index in [-0.39, 0.29) is 25.3 Å². The van der Waals surface area contributed by atoms with E-state index >= 15 is 0 Å². The summed E-state index contributed by atoms with van der Waals surface area (Å²) in [6, 6.07) is 6.33. The van der Waals surface area contributed by atoms with Crippen molar-refractivity contribution in [1.29, 1.82) is 0 Å². The first-order chi connectivity index (χ1) is 9.47. The SMILES string of the molecule is Cc1ccc(NC(=O)CN2C(=O)CCC2C(=O)O)cc1. The van der Waals surface area contributed by atoms with E-state index in [0.29, 0.717) is 5.69 Å². The molecule has 0 aromatic heterocycles. The lowest BCUT2D eigenvalue weighted by Crippen LogP contribution is -2.43. The van der Waals surface area contributed by atoms with Gasteiger partial charge in [-0.2, -0.15) is 0 Å². The summed E-state index contributed by atoms with van der Waals surface area (Å²) >= 11 is 0. The number of hydrogen-bond donors (Lipinski definition) is 2. The van der Waals surface area contributed by atoms with E-state index in [4.69, 9.17) is 5.11 Å². The minimum absolute atomic E-state index is 0.175. The van der Waals surface area contributed by atoms with Crippen molar-refractivity contribution in [3.8, 4) is 0 Å². The van der Waals surface area contributed by atoms with Crippen molar-refractivity contribution < 1.29 is 19.5 Å². The zero-order valence-electron chi connectivity index (χ0n) is 11.1. The third-order valence-electron chi connectivity index (χ3n) is 3.26. The lowest BCUT2D eigenvalue weighted by Gasteiger charge is -2.20. The van der Waals surface area contributed by atoms with Crippen LogP contribution in [0.4, 0.5) is 5.69 Å². The molecule has 1 atom stereocenters. The summed E-state index contributed by atoms with van der Waals surface area (Å²) in [5.74, 6) is -1.76. The van der Waals surface area contributed by atoms with Crippen LogP contribution in [-0.4, -0.2) is 40.4 Å². The monoisotopic (exact) mass is 276 g/mol. The van der Waals surface area contributed by atoms with Crippen molar-refractivity contribution in [1.82, 2.24) is 4.90 Å². The highest BCUT2D eigenvalue weighted by molar-refractivity contribution is 5.96. The Kier molecular flexibility index (Phi) is 4.02. The third kappa shape index (κ3) is 3.14. The van der Waals surface area contributed by atoms with Gasteiger partial charge in [0.2, 0.25) is 11.8 Å². The third-order valence-corrected chi connectivity index (χ3v) is 3.26. The van der Waals surface area contributed by atoms with Gasteiger partial charge in [0.15, 0.2) is 0 Å². The molecule has 6 heteroatoms. The highest BCUT2D eigenvalue weighted by Crippen LogP contribution is 2.19. The molecular formula is C14H16N2O4. The van der Waals surface area contributed by atoms with E-state index in [1.807, 2.05) is 19.1 Å². The van der Waals surface area contributed by atoms with Gasteiger partial charge in [-0.05, 0) is 25.5 Å². The topological polar surface area (TPSA) is 86.7 Å². The van der Waals surface area contributed by atoms with Gasteiger partial charge in [0.1, 0.15) is 12.6 Å². The second-order valence-corrected chi connectivity index (χ2v) is 4.83. The van der Waals surface area contributed by atoms with Crippen LogP contribution in [0.1, 0.15) is 18.4 Å². The number of nitrogens with one attached hydrogen (secondary N) is 1. The summed E-state index contributed by atoms with van der Waals surface area (Å²) in [7, 11) is 0. The first kappa shape index (κ1) is 14.0. The van der Waals surface area contributed by atoms with E-state index in [1.54, 1.807) is 12.1 Å². The second kappa shape index (κ2) is 5.73. The number of carboxylic acid groups (broad SMARTS) is 1. The fourth-order valence-corrected chi connectivity index (χ4v) is 2.18. The quantitative estimate of drug-likeness (QED) is 0.859. The van der Waals surface area contributed by atoms with E-state index < -0.39 is 17.9 Å². The Bertz CT molecular complexity index is 539. The van der Waals surface area contributed by atoms with Crippen molar-refractivity contribution in [2.24, 2.45) is 0 Å². The summed E-state index contributed by atoms with van der Waals surface area (Å²) in [6.07, 6.45) is 0.431. The first-order valence-corrected chi connectivity index (χ1v) is 6.36. The van der Waals surface area contributed by atoms with Crippen molar-refractivity contribution >= 4 is 23.5 Å². The van der Waals surface area contributed by atoms with Crippen molar-refractivity contribution in [3.05, 3.63) is 29.8 Å². The first-order valence-electron chi connectivity index (χ1n) is 6.36. The normalized spacial score (nSPS) is 18.1. The summed E-state index contributed by atoms with van der Waals surface area (Å²) < 4.78 is 0. The smallest absolute Gasteiger partial charge is 0.326 e. The average molecular weight is 276 g/mol. The zero-order valence-corrected chi connectivity index (χ0v) is 11.1. The summed E-state index contributed by atoms with van der Waals surface area (Å²) in [6.45, 7) is 1.70. The van der Waals surface area contributed by atoms with E-state index in [2.05, 4.69) is 5.32 Å². The fraction of sp³-hybridized carbons (Fsp3) is 0.357.